The SMILES string of the molecule is C=CC(=O)NCC(=O)OC1C(O[SH](=O)=O)C2CCC1C2(C)C. The van der Waals surface area contributed by atoms with Crippen molar-refractivity contribution in [1.82, 2.24) is 5.32 Å². The highest BCUT2D eigenvalue weighted by Crippen LogP contribution is 2.59. The molecule has 124 valence electrons. The van der Waals surface area contributed by atoms with Gasteiger partial charge < -0.3 is 10.1 Å². The fourth-order valence-electron chi connectivity index (χ4n) is 3.82. The van der Waals surface area contributed by atoms with Gasteiger partial charge in [0.1, 0.15) is 18.8 Å². The Morgan fingerprint density at radius 2 is 1.86 bits per heavy atom. The summed E-state index contributed by atoms with van der Waals surface area (Å²) in [7, 11) is -3.01. The first-order valence-electron chi connectivity index (χ1n) is 7.18. The van der Waals surface area contributed by atoms with E-state index in [0.717, 1.165) is 18.9 Å². The molecule has 2 rings (SSSR count). The average Bonchev–Trinajstić information content (AvgIpc) is 2.83. The van der Waals surface area contributed by atoms with E-state index in [1.165, 1.54) is 0 Å². The third kappa shape index (κ3) is 3.17. The largest absolute Gasteiger partial charge is 0.458 e. The molecular formula is C14H21NO6S. The van der Waals surface area contributed by atoms with E-state index in [2.05, 4.69) is 11.9 Å². The number of carbonyl (C=O) groups is 2. The molecule has 0 radical (unpaired) electrons. The Morgan fingerprint density at radius 1 is 1.27 bits per heavy atom. The second kappa shape index (κ2) is 6.37. The van der Waals surface area contributed by atoms with Crippen molar-refractivity contribution in [3.8, 4) is 0 Å². The molecule has 2 fully saturated rings. The number of nitrogens with one attached hydrogen (secondary N) is 1. The summed E-state index contributed by atoms with van der Waals surface area (Å²) in [4.78, 5) is 22.9. The standard InChI is InChI=1S/C14H21NO6S/c1-4-10(16)15-7-11(17)20-12-8-5-6-9(14(8,2)3)13(12)21-22(18)19/h4,8-9,12-13,22H,1,5-7H2,2-3H3,(H,15,16). The van der Waals surface area contributed by atoms with Gasteiger partial charge in [0.15, 0.2) is 0 Å². The Hall–Kier alpha value is -1.41. The van der Waals surface area contributed by atoms with E-state index < -0.39 is 35.1 Å². The van der Waals surface area contributed by atoms with Gasteiger partial charge in [0.05, 0.1) is 0 Å². The van der Waals surface area contributed by atoms with Gasteiger partial charge in [-0.3, -0.25) is 13.8 Å². The number of rotatable bonds is 6. The van der Waals surface area contributed by atoms with Crippen LogP contribution in [0.2, 0.25) is 0 Å². The molecule has 2 aliphatic carbocycles. The van der Waals surface area contributed by atoms with E-state index in [9.17, 15) is 18.0 Å². The fourth-order valence-corrected chi connectivity index (χ4v) is 4.28. The molecule has 0 aromatic rings. The molecule has 7 nitrogen and oxygen atoms in total. The van der Waals surface area contributed by atoms with Gasteiger partial charge in [-0.05, 0) is 30.3 Å². The normalized spacial score (nSPS) is 32.0. The van der Waals surface area contributed by atoms with Crippen molar-refractivity contribution in [2.45, 2.75) is 38.9 Å². The van der Waals surface area contributed by atoms with Crippen molar-refractivity contribution in [3.63, 3.8) is 0 Å². The molecule has 0 spiro atoms. The van der Waals surface area contributed by atoms with Crippen LogP contribution in [0.25, 0.3) is 0 Å². The molecule has 2 bridgehead atoms. The maximum absolute atomic E-state index is 11.9. The van der Waals surface area contributed by atoms with Crippen LogP contribution in [0.5, 0.6) is 0 Å². The Balaban J connectivity index is 2.05. The lowest BCUT2D eigenvalue weighted by atomic mass is 9.82. The zero-order chi connectivity index (χ0) is 16.5. The number of esters is 1. The second-order valence-corrected chi connectivity index (χ2v) is 6.94. The lowest BCUT2D eigenvalue weighted by molar-refractivity contribution is -0.156. The van der Waals surface area contributed by atoms with Gasteiger partial charge in [-0.25, -0.2) is 8.42 Å². The summed E-state index contributed by atoms with van der Waals surface area (Å²) in [6, 6.07) is 0. The van der Waals surface area contributed by atoms with Gasteiger partial charge in [0, 0.05) is 5.92 Å². The van der Waals surface area contributed by atoms with Crippen LogP contribution in [-0.4, -0.2) is 39.0 Å². The van der Waals surface area contributed by atoms with Crippen molar-refractivity contribution in [2.24, 2.45) is 17.3 Å². The van der Waals surface area contributed by atoms with Crippen LogP contribution >= 0.6 is 0 Å². The van der Waals surface area contributed by atoms with E-state index >= 15 is 0 Å². The number of ether oxygens (including phenoxy) is 1. The lowest BCUT2D eigenvalue weighted by Gasteiger charge is -2.28. The van der Waals surface area contributed by atoms with Crippen molar-refractivity contribution in [1.29, 1.82) is 0 Å². The maximum Gasteiger partial charge on any atom is 0.325 e. The monoisotopic (exact) mass is 331 g/mol. The molecule has 2 saturated carbocycles. The highest BCUT2D eigenvalue weighted by molar-refractivity contribution is 7.67. The lowest BCUT2D eigenvalue weighted by Crippen LogP contribution is -2.40. The Kier molecular flexibility index (Phi) is 4.91. The first-order valence-corrected chi connectivity index (χ1v) is 8.27. The van der Waals surface area contributed by atoms with Gasteiger partial charge in [-0.2, -0.15) is 0 Å². The minimum absolute atomic E-state index is 0.0333. The maximum atomic E-state index is 11.9. The molecule has 2 aliphatic rings. The average molecular weight is 331 g/mol. The van der Waals surface area contributed by atoms with Gasteiger partial charge in [0.2, 0.25) is 5.91 Å². The quantitative estimate of drug-likeness (QED) is 0.409. The van der Waals surface area contributed by atoms with Crippen LogP contribution in [-0.2, 0) is 29.5 Å². The van der Waals surface area contributed by atoms with E-state index in [4.69, 9.17) is 8.92 Å². The molecule has 1 N–H and O–H groups in total. The topological polar surface area (TPSA) is 98.8 Å². The van der Waals surface area contributed by atoms with Crippen LogP contribution in [0.15, 0.2) is 12.7 Å². The fraction of sp³-hybridized carbons (Fsp3) is 0.714. The van der Waals surface area contributed by atoms with E-state index in [0.29, 0.717) is 0 Å². The van der Waals surface area contributed by atoms with Crippen molar-refractivity contribution in [2.75, 3.05) is 6.54 Å². The predicted molar refractivity (Wildman–Crippen MR) is 78.3 cm³/mol. The zero-order valence-corrected chi connectivity index (χ0v) is 13.5. The van der Waals surface area contributed by atoms with Crippen LogP contribution in [0.4, 0.5) is 0 Å². The van der Waals surface area contributed by atoms with Crippen LogP contribution in [0.3, 0.4) is 0 Å². The molecule has 0 aromatic heterocycles. The second-order valence-electron chi connectivity index (χ2n) is 6.28. The Bertz CT molecular complexity index is 548. The first kappa shape index (κ1) is 17.0. The summed E-state index contributed by atoms with van der Waals surface area (Å²) in [6.45, 7) is 7.08. The molecule has 22 heavy (non-hydrogen) atoms. The van der Waals surface area contributed by atoms with E-state index in [1.54, 1.807) is 0 Å². The van der Waals surface area contributed by atoms with E-state index in [1.807, 2.05) is 13.8 Å². The Labute approximate surface area is 131 Å². The summed E-state index contributed by atoms with van der Waals surface area (Å²) >= 11 is 0. The summed E-state index contributed by atoms with van der Waals surface area (Å²) < 4.78 is 32.3. The van der Waals surface area contributed by atoms with Crippen LogP contribution in [0, 0.1) is 17.3 Å². The molecular weight excluding hydrogens is 310 g/mol. The highest BCUT2D eigenvalue weighted by atomic mass is 32.2. The van der Waals surface area contributed by atoms with E-state index in [-0.39, 0.29) is 23.8 Å². The predicted octanol–water partition coefficient (Wildman–Crippen LogP) is 0.178. The zero-order valence-electron chi connectivity index (χ0n) is 12.6. The molecule has 0 heterocycles. The minimum Gasteiger partial charge on any atom is -0.458 e. The summed E-state index contributed by atoms with van der Waals surface area (Å²) in [5.41, 5.74) is -0.147. The number of carbonyl (C=O) groups excluding carboxylic acids is 2. The number of fused-ring (bicyclic) bond motifs is 2. The van der Waals surface area contributed by atoms with Crippen LogP contribution in [0.1, 0.15) is 26.7 Å². The van der Waals surface area contributed by atoms with Gasteiger partial charge in [-0.1, -0.05) is 20.4 Å². The molecule has 8 heteroatoms. The third-order valence-electron chi connectivity index (χ3n) is 4.88. The number of hydrogen-bond donors (Lipinski definition) is 2. The summed E-state index contributed by atoms with van der Waals surface area (Å²) in [5, 5.41) is 2.33. The molecule has 1 amide bonds. The van der Waals surface area contributed by atoms with Crippen molar-refractivity contribution < 1.29 is 26.9 Å². The molecule has 4 atom stereocenters. The van der Waals surface area contributed by atoms with Gasteiger partial charge in [-0.15, -0.1) is 0 Å². The molecule has 4 unspecified atom stereocenters. The molecule has 0 aromatic carbocycles. The summed E-state index contributed by atoms with van der Waals surface area (Å²) in [6.07, 6.45) is 1.53. The smallest absolute Gasteiger partial charge is 0.325 e. The number of hydrogen-bond acceptors (Lipinski definition) is 6. The summed E-state index contributed by atoms with van der Waals surface area (Å²) in [5.74, 6) is -0.999. The highest BCUT2D eigenvalue weighted by Gasteiger charge is 2.61. The number of amides is 1. The van der Waals surface area contributed by atoms with Gasteiger partial charge in [0.25, 0.3) is 11.0 Å². The first-order chi connectivity index (χ1) is 10.3. The Morgan fingerprint density at radius 3 is 2.41 bits per heavy atom. The molecule has 0 aliphatic heterocycles. The molecule has 0 saturated heterocycles. The minimum atomic E-state index is -3.01. The van der Waals surface area contributed by atoms with Crippen molar-refractivity contribution in [3.05, 3.63) is 12.7 Å². The van der Waals surface area contributed by atoms with Gasteiger partial charge >= 0.3 is 5.97 Å². The van der Waals surface area contributed by atoms with Crippen molar-refractivity contribution >= 4 is 22.9 Å². The van der Waals surface area contributed by atoms with Crippen LogP contribution < -0.4 is 5.32 Å². The third-order valence-corrected chi connectivity index (χ3v) is 5.30. The number of thiol groups is 1.